The van der Waals surface area contributed by atoms with E-state index >= 15 is 0 Å². The molecule has 2 amide bonds. The van der Waals surface area contributed by atoms with E-state index in [4.69, 9.17) is 10.5 Å². The number of para-hydroxylation sites is 1. The Bertz CT molecular complexity index is 811. The summed E-state index contributed by atoms with van der Waals surface area (Å²) in [5, 5.41) is 2.74. The first-order chi connectivity index (χ1) is 13.1. The lowest BCUT2D eigenvalue weighted by Crippen LogP contribution is -2.39. The zero-order valence-corrected chi connectivity index (χ0v) is 16.7. The molecule has 0 fully saturated rings. The average molecular weight is 404 g/mol. The molecular weight excluding hydrogens is 378 g/mol. The molecule has 0 aromatic heterocycles. The number of anilines is 2. The van der Waals surface area contributed by atoms with E-state index in [1.807, 2.05) is 35.2 Å². The van der Waals surface area contributed by atoms with Crippen LogP contribution >= 0.6 is 12.4 Å². The van der Waals surface area contributed by atoms with Gasteiger partial charge in [0.25, 0.3) is 0 Å². The topological polar surface area (TPSA) is 84.7 Å². The number of carbonyl (C=O) groups is 2. The van der Waals surface area contributed by atoms with Crippen LogP contribution in [-0.2, 0) is 27.2 Å². The van der Waals surface area contributed by atoms with E-state index < -0.39 is 6.04 Å². The largest absolute Gasteiger partial charge is 0.383 e. The zero-order valence-electron chi connectivity index (χ0n) is 15.9. The highest BCUT2D eigenvalue weighted by Crippen LogP contribution is 2.27. The van der Waals surface area contributed by atoms with Gasteiger partial charge < -0.3 is 20.7 Å². The van der Waals surface area contributed by atoms with Gasteiger partial charge in [-0.25, -0.2) is 0 Å². The number of amides is 2. The highest BCUT2D eigenvalue weighted by Gasteiger charge is 2.22. The number of methoxy groups -OCH3 is 1. The van der Waals surface area contributed by atoms with Crippen molar-refractivity contribution in [1.29, 1.82) is 0 Å². The van der Waals surface area contributed by atoms with Gasteiger partial charge >= 0.3 is 0 Å². The van der Waals surface area contributed by atoms with Gasteiger partial charge in [0.1, 0.15) is 6.04 Å². The van der Waals surface area contributed by atoms with Crippen LogP contribution in [0.5, 0.6) is 0 Å². The highest BCUT2D eigenvalue weighted by atomic mass is 35.5. The molecule has 3 rings (SSSR count). The van der Waals surface area contributed by atoms with Crippen molar-refractivity contribution in [2.45, 2.75) is 25.3 Å². The summed E-state index contributed by atoms with van der Waals surface area (Å²) in [5.41, 5.74) is 9.50. The van der Waals surface area contributed by atoms with Gasteiger partial charge in [-0.05, 0) is 42.2 Å². The smallest absolute Gasteiger partial charge is 0.243 e. The van der Waals surface area contributed by atoms with Crippen LogP contribution < -0.4 is 16.0 Å². The second kappa shape index (κ2) is 10.2. The molecule has 1 aliphatic heterocycles. The summed E-state index contributed by atoms with van der Waals surface area (Å²) in [4.78, 5) is 26.6. The molecule has 1 aliphatic rings. The lowest BCUT2D eigenvalue weighted by Gasteiger charge is -2.29. The van der Waals surface area contributed by atoms with E-state index in [0.29, 0.717) is 12.1 Å². The molecule has 0 saturated carbocycles. The Labute approximate surface area is 171 Å². The normalized spacial score (nSPS) is 13.9. The van der Waals surface area contributed by atoms with E-state index in [0.717, 1.165) is 30.6 Å². The molecule has 0 spiro atoms. The number of ether oxygens (including phenoxy) is 1. The van der Waals surface area contributed by atoms with Crippen molar-refractivity contribution in [3.63, 3.8) is 0 Å². The third-order valence-electron chi connectivity index (χ3n) is 4.67. The molecule has 1 atom stereocenters. The molecule has 0 radical (unpaired) electrons. The number of hydrogen-bond donors (Lipinski definition) is 2. The summed E-state index contributed by atoms with van der Waals surface area (Å²) < 4.78 is 4.88. The fraction of sp³-hybridized carbons (Fsp3) is 0.333. The Morgan fingerprint density at radius 3 is 2.61 bits per heavy atom. The minimum absolute atomic E-state index is 0. The number of benzene rings is 2. The highest BCUT2D eigenvalue weighted by molar-refractivity contribution is 5.96. The van der Waals surface area contributed by atoms with Crippen LogP contribution in [0, 0.1) is 0 Å². The Hall–Kier alpha value is -2.41. The number of fused-ring (bicyclic) bond motifs is 1. The van der Waals surface area contributed by atoms with Crippen molar-refractivity contribution in [3.05, 3.63) is 59.7 Å². The van der Waals surface area contributed by atoms with Crippen molar-refractivity contribution in [3.8, 4) is 0 Å². The van der Waals surface area contributed by atoms with Gasteiger partial charge in [-0.3, -0.25) is 9.59 Å². The number of aryl methyl sites for hydroxylation is 1. The monoisotopic (exact) mass is 403 g/mol. The van der Waals surface area contributed by atoms with Crippen LogP contribution in [0.2, 0.25) is 0 Å². The molecule has 0 bridgehead atoms. The molecule has 28 heavy (non-hydrogen) atoms. The number of hydrogen-bond acceptors (Lipinski definition) is 4. The van der Waals surface area contributed by atoms with Gasteiger partial charge in [0.05, 0.1) is 13.0 Å². The summed E-state index contributed by atoms with van der Waals surface area (Å²) >= 11 is 0. The van der Waals surface area contributed by atoms with Crippen molar-refractivity contribution in [2.24, 2.45) is 5.73 Å². The van der Waals surface area contributed by atoms with Crippen LogP contribution in [-0.4, -0.2) is 38.1 Å². The second-order valence-electron chi connectivity index (χ2n) is 6.70. The number of halogens is 1. The first kappa shape index (κ1) is 21.9. The minimum Gasteiger partial charge on any atom is -0.383 e. The number of nitrogens with one attached hydrogen (secondary N) is 1. The molecule has 1 unspecified atom stereocenters. The van der Waals surface area contributed by atoms with Gasteiger partial charge in [0.15, 0.2) is 0 Å². The zero-order chi connectivity index (χ0) is 19.2. The van der Waals surface area contributed by atoms with Gasteiger partial charge in [0, 0.05) is 25.0 Å². The Morgan fingerprint density at radius 1 is 1.18 bits per heavy atom. The van der Waals surface area contributed by atoms with Crippen LogP contribution in [0.4, 0.5) is 11.4 Å². The second-order valence-corrected chi connectivity index (χ2v) is 6.70. The van der Waals surface area contributed by atoms with Crippen molar-refractivity contribution >= 4 is 35.6 Å². The molecule has 1 heterocycles. The Balaban J connectivity index is 0.00000280. The van der Waals surface area contributed by atoms with E-state index in [9.17, 15) is 9.59 Å². The standard InChI is InChI=1S/C21H25N3O3.ClH/c1-27-14-18(22)21(26)23-17-10-8-15(9-11-17)13-20(25)24-12-4-6-16-5-2-3-7-19(16)24;/h2-3,5,7-11,18H,4,6,12-14,22H2,1H3,(H,23,26);1H. The van der Waals surface area contributed by atoms with Crippen LogP contribution in [0.3, 0.4) is 0 Å². The number of nitrogens with two attached hydrogens (primary N) is 1. The van der Waals surface area contributed by atoms with Crippen molar-refractivity contribution in [1.82, 2.24) is 0 Å². The van der Waals surface area contributed by atoms with Gasteiger partial charge in [-0.1, -0.05) is 30.3 Å². The lowest BCUT2D eigenvalue weighted by atomic mass is 10.0. The number of carbonyl (C=O) groups excluding carboxylic acids is 2. The molecule has 3 N–H and O–H groups in total. The molecule has 150 valence electrons. The van der Waals surface area contributed by atoms with E-state index in [2.05, 4.69) is 11.4 Å². The molecule has 7 heteroatoms. The Morgan fingerprint density at radius 2 is 1.89 bits per heavy atom. The van der Waals surface area contributed by atoms with Gasteiger partial charge in [0.2, 0.25) is 11.8 Å². The first-order valence-electron chi connectivity index (χ1n) is 9.11. The summed E-state index contributed by atoms with van der Waals surface area (Å²) in [7, 11) is 1.50. The molecule has 6 nitrogen and oxygen atoms in total. The van der Waals surface area contributed by atoms with E-state index in [1.165, 1.54) is 12.7 Å². The fourth-order valence-electron chi connectivity index (χ4n) is 3.26. The predicted octanol–water partition coefficient (Wildman–Crippen LogP) is 2.54. The van der Waals surface area contributed by atoms with Crippen molar-refractivity contribution < 1.29 is 14.3 Å². The quantitative estimate of drug-likeness (QED) is 0.776. The SMILES string of the molecule is COCC(N)C(=O)Nc1ccc(CC(=O)N2CCCc3ccccc32)cc1.Cl. The summed E-state index contributed by atoms with van der Waals surface area (Å²) in [6.07, 6.45) is 2.32. The molecule has 0 saturated heterocycles. The van der Waals surface area contributed by atoms with Gasteiger partial charge in [-0.15, -0.1) is 12.4 Å². The van der Waals surface area contributed by atoms with E-state index in [1.54, 1.807) is 12.1 Å². The molecule has 2 aromatic rings. The van der Waals surface area contributed by atoms with Crippen LogP contribution in [0.1, 0.15) is 17.5 Å². The molecule has 0 aliphatic carbocycles. The third-order valence-corrected chi connectivity index (χ3v) is 4.67. The minimum atomic E-state index is -0.713. The summed E-state index contributed by atoms with van der Waals surface area (Å²) in [6, 6.07) is 14.6. The maximum atomic E-state index is 12.8. The van der Waals surface area contributed by atoms with Crippen LogP contribution in [0.25, 0.3) is 0 Å². The number of nitrogens with zero attached hydrogens (tertiary/aromatic N) is 1. The maximum Gasteiger partial charge on any atom is 0.243 e. The molecule has 2 aromatic carbocycles. The first-order valence-corrected chi connectivity index (χ1v) is 9.11. The summed E-state index contributed by atoms with van der Waals surface area (Å²) in [5.74, 6) is -0.216. The maximum absolute atomic E-state index is 12.8. The number of rotatable bonds is 6. The van der Waals surface area contributed by atoms with Gasteiger partial charge in [-0.2, -0.15) is 0 Å². The third kappa shape index (κ3) is 5.32. The van der Waals surface area contributed by atoms with Crippen molar-refractivity contribution in [2.75, 3.05) is 30.5 Å². The lowest BCUT2D eigenvalue weighted by molar-refractivity contribution is -0.119. The Kier molecular flexibility index (Phi) is 7.99. The average Bonchev–Trinajstić information content (AvgIpc) is 2.69. The summed E-state index contributed by atoms with van der Waals surface area (Å²) in [6.45, 7) is 0.914. The van der Waals surface area contributed by atoms with Crippen LogP contribution in [0.15, 0.2) is 48.5 Å². The fourth-order valence-corrected chi connectivity index (χ4v) is 3.26. The van der Waals surface area contributed by atoms with E-state index in [-0.39, 0.29) is 30.8 Å². The molecular formula is C21H26ClN3O3. The predicted molar refractivity (Wildman–Crippen MR) is 113 cm³/mol.